The van der Waals surface area contributed by atoms with Gasteiger partial charge in [0.15, 0.2) is 0 Å². The van der Waals surface area contributed by atoms with Gasteiger partial charge in [0.25, 0.3) is 0 Å². The normalized spacial score (nSPS) is 18.0. The van der Waals surface area contributed by atoms with Crippen LogP contribution in [0.1, 0.15) is 29.7 Å². The van der Waals surface area contributed by atoms with Gasteiger partial charge in [-0.05, 0) is 36.5 Å². The molecule has 1 aromatic heterocycles. The van der Waals surface area contributed by atoms with Crippen LogP contribution in [0, 0.1) is 0 Å². The molecule has 2 amide bonds. The second-order valence-electron chi connectivity index (χ2n) is 8.29. The van der Waals surface area contributed by atoms with Gasteiger partial charge in [-0.25, -0.2) is 0 Å². The van der Waals surface area contributed by atoms with Crippen molar-refractivity contribution in [2.24, 2.45) is 0 Å². The maximum absolute atomic E-state index is 13.1. The molecule has 1 aliphatic carbocycles. The number of carbonyl (C=O) groups excluding carboxylic acids is 2. The van der Waals surface area contributed by atoms with Crippen molar-refractivity contribution < 1.29 is 14.7 Å². The van der Waals surface area contributed by atoms with Crippen LogP contribution in [-0.2, 0) is 28.0 Å². The van der Waals surface area contributed by atoms with Crippen molar-refractivity contribution in [2.75, 3.05) is 13.2 Å². The average Bonchev–Trinajstić information content (AvgIpc) is 3.52. The van der Waals surface area contributed by atoms with Crippen molar-refractivity contribution in [3.63, 3.8) is 0 Å². The Morgan fingerprint density at radius 3 is 2.57 bits per heavy atom. The Balaban J connectivity index is 1.31. The van der Waals surface area contributed by atoms with Crippen molar-refractivity contribution in [3.05, 3.63) is 71.4 Å². The summed E-state index contributed by atoms with van der Waals surface area (Å²) in [7, 11) is 0. The van der Waals surface area contributed by atoms with Gasteiger partial charge in [-0.1, -0.05) is 48.5 Å². The molecule has 1 saturated carbocycles. The molecule has 2 aromatic carbocycles. The number of aliphatic hydroxyl groups is 1. The minimum Gasteiger partial charge on any atom is -0.394 e. The smallest absolute Gasteiger partial charge is 0.247 e. The number of hydrogen-bond donors (Lipinski definition) is 3. The lowest BCUT2D eigenvalue weighted by molar-refractivity contribution is -0.139. The number of para-hydroxylation sites is 1. The number of rotatable bonds is 5. The van der Waals surface area contributed by atoms with Gasteiger partial charge in [0.2, 0.25) is 11.8 Å². The number of benzene rings is 2. The Morgan fingerprint density at radius 1 is 1.10 bits per heavy atom. The van der Waals surface area contributed by atoms with E-state index in [1.807, 2.05) is 48.5 Å². The Bertz CT molecular complexity index is 1100. The number of carbonyl (C=O) groups is 2. The van der Waals surface area contributed by atoms with Crippen molar-refractivity contribution in [1.82, 2.24) is 15.2 Å². The minimum absolute atomic E-state index is 0.176. The fourth-order valence-electron chi connectivity index (χ4n) is 4.61. The minimum atomic E-state index is -0.926. The highest BCUT2D eigenvalue weighted by Gasteiger charge is 2.52. The van der Waals surface area contributed by atoms with E-state index in [-0.39, 0.29) is 11.8 Å². The molecule has 0 unspecified atom stereocenters. The van der Waals surface area contributed by atoms with E-state index in [4.69, 9.17) is 0 Å². The lowest BCUT2D eigenvalue weighted by Gasteiger charge is -2.31. The summed E-state index contributed by atoms with van der Waals surface area (Å²) in [5, 5.41) is 13.9. The number of hydrogen-bond acceptors (Lipinski definition) is 3. The van der Waals surface area contributed by atoms with Crippen LogP contribution in [0.3, 0.4) is 0 Å². The summed E-state index contributed by atoms with van der Waals surface area (Å²) in [6.45, 7) is 0.619. The van der Waals surface area contributed by atoms with Crippen LogP contribution in [0.15, 0.2) is 54.6 Å². The zero-order valence-corrected chi connectivity index (χ0v) is 16.7. The Kier molecular flexibility index (Phi) is 4.59. The van der Waals surface area contributed by atoms with Gasteiger partial charge < -0.3 is 20.3 Å². The zero-order chi connectivity index (χ0) is 20.7. The van der Waals surface area contributed by atoms with E-state index in [0.29, 0.717) is 13.1 Å². The molecule has 30 heavy (non-hydrogen) atoms. The fourth-order valence-corrected chi connectivity index (χ4v) is 4.61. The van der Waals surface area contributed by atoms with Crippen LogP contribution in [0.4, 0.5) is 0 Å². The third-order valence-electron chi connectivity index (χ3n) is 6.49. The van der Waals surface area contributed by atoms with E-state index in [2.05, 4.69) is 16.4 Å². The number of nitrogens with one attached hydrogen (secondary N) is 2. The summed E-state index contributed by atoms with van der Waals surface area (Å²) < 4.78 is 0. The molecule has 2 aliphatic rings. The first kappa shape index (κ1) is 18.9. The zero-order valence-electron chi connectivity index (χ0n) is 16.7. The summed E-state index contributed by atoms with van der Waals surface area (Å²) in [6.07, 6.45) is 2.28. The summed E-state index contributed by atoms with van der Waals surface area (Å²) >= 11 is 0. The highest BCUT2D eigenvalue weighted by Crippen LogP contribution is 2.48. The van der Waals surface area contributed by atoms with Crippen LogP contribution in [0.25, 0.3) is 10.9 Å². The molecule has 1 fully saturated rings. The van der Waals surface area contributed by atoms with E-state index in [1.54, 1.807) is 4.90 Å². The molecular weight excluding hydrogens is 378 g/mol. The number of H-pyrrole nitrogens is 1. The molecule has 0 spiro atoms. The number of aliphatic hydroxyl groups excluding tert-OH is 1. The maximum atomic E-state index is 13.1. The largest absolute Gasteiger partial charge is 0.394 e. The van der Waals surface area contributed by atoms with Crippen molar-refractivity contribution in [2.45, 2.75) is 37.3 Å². The molecule has 0 radical (unpaired) electrons. The molecule has 3 N–H and O–H groups in total. The summed E-state index contributed by atoms with van der Waals surface area (Å²) in [5.41, 5.74) is 3.75. The van der Waals surface area contributed by atoms with Gasteiger partial charge in [0, 0.05) is 23.1 Å². The third kappa shape index (κ3) is 3.08. The Hall–Kier alpha value is -3.12. The van der Waals surface area contributed by atoms with Crippen LogP contribution in [-0.4, -0.2) is 46.0 Å². The molecule has 154 valence electrons. The SMILES string of the molecule is O=C([C@H](CO)NC(=O)C1(c2ccccc2)CC1)N1CCc2c([nH]c3ccccc23)C1. The van der Waals surface area contributed by atoms with Crippen molar-refractivity contribution in [1.29, 1.82) is 0 Å². The summed E-state index contributed by atoms with van der Waals surface area (Å²) in [4.78, 5) is 31.2. The summed E-state index contributed by atoms with van der Waals surface area (Å²) in [6, 6.07) is 16.9. The monoisotopic (exact) mass is 403 g/mol. The van der Waals surface area contributed by atoms with E-state index in [9.17, 15) is 14.7 Å². The standard InChI is InChI=1S/C24H25N3O3/c28-15-21(26-23(30)24(11-12-24)16-6-2-1-3-7-16)22(29)27-13-10-18-17-8-4-5-9-19(17)25-20(18)14-27/h1-9,21,25,28H,10-15H2,(H,26,30)/t21-/m0/s1. The van der Waals surface area contributed by atoms with Gasteiger partial charge in [-0.2, -0.15) is 0 Å². The molecule has 5 rings (SSSR count). The number of amides is 2. The molecule has 2 heterocycles. The van der Waals surface area contributed by atoms with E-state index >= 15 is 0 Å². The van der Waals surface area contributed by atoms with Gasteiger partial charge in [-0.3, -0.25) is 9.59 Å². The molecule has 6 nitrogen and oxygen atoms in total. The second kappa shape index (κ2) is 7.29. The number of aromatic amines is 1. The summed E-state index contributed by atoms with van der Waals surface area (Å²) in [5.74, 6) is -0.413. The lowest BCUT2D eigenvalue weighted by Crippen LogP contribution is -2.53. The van der Waals surface area contributed by atoms with Crippen molar-refractivity contribution in [3.8, 4) is 0 Å². The van der Waals surface area contributed by atoms with E-state index < -0.39 is 18.1 Å². The fraction of sp³-hybridized carbons (Fsp3) is 0.333. The molecule has 0 saturated heterocycles. The van der Waals surface area contributed by atoms with Gasteiger partial charge in [0.1, 0.15) is 6.04 Å². The predicted molar refractivity (Wildman–Crippen MR) is 114 cm³/mol. The van der Waals surface area contributed by atoms with Gasteiger partial charge in [-0.15, -0.1) is 0 Å². The Morgan fingerprint density at radius 2 is 1.83 bits per heavy atom. The van der Waals surface area contributed by atoms with Crippen LogP contribution < -0.4 is 5.32 Å². The first-order valence-corrected chi connectivity index (χ1v) is 10.5. The molecular formula is C24H25N3O3. The molecule has 6 heteroatoms. The molecule has 1 atom stereocenters. The lowest BCUT2D eigenvalue weighted by atomic mass is 9.94. The van der Waals surface area contributed by atoms with E-state index in [1.165, 1.54) is 10.9 Å². The van der Waals surface area contributed by atoms with E-state index in [0.717, 1.165) is 36.0 Å². The molecule has 3 aromatic rings. The quantitative estimate of drug-likeness (QED) is 0.611. The van der Waals surface area contributed by atoms with Gasteiger partial charge in [0.05, 0.1) is 18.6 Å². The highest BCUT2D eigenvalue weighted by atomic mass is 16.3. The Labute approximate surface area is 174 Å². The average molecular weight is 403 g/mol. The highest BCUT2D eigenvalue weighted by molar-refractivity contribution is 5.95. The first-order valence-electron chi connectivity index (χ1n) is 10.5. The third-order valence-corrected chi connectivity index (χ3v) is 6.49. The number of nitrogens with zero attached hydrogens (tertiary/aromatic N) is 1. The first-order chi connectivity index (χ1) is 14.6. The topological polar surface area (TPSA) is 85.4 Å². The second-order valence-corrected chi connectivity index (χ2v) is 8.29. The van der Waals surface area contributed by atoms with Gasteiger partial charge >= 0.3 is 0 Å². The predicted octanol–water partition coefficient (Wildman–Crippen LogP) is 2.26. The maximum Gasteiger partial charge on any atom is 0.247 e. The number of fused-ring (bicyclic) bond motifs is 3. The van der Waals surface area contributed by atoms with Crippen molar-refractivity contribution >= 4 is 22.7 Å². The molecule has 1 aliphatic heterocycles. The molecule has 0 bridgehead atoms. The van der Waals surface area contributed by atoms with Crippen LogP contribution in [0.2, 0.25) is 0 Å². The number of aromatic nitrogens is 1. The van der Waals surface area contributed by atoms with Crippen LogP contribution in [0.5, 0.6) is 0 Å². The van der Waals surface area contributed by atoms with Crippen LogP contribution >= 0.6 is 0 Å².